The van der Waals surface area contributed by atoms with Gasteiger partial charge in [0.2, 0.25) is 0 Å². The third kappa shape index (κ3) is 4.68. The molecule has 0 bridgehead atoms. The van der Waals surface area contributed by atoms with Gasteiger partial charge in [-0.25, -0.2) is 0 Å². The van der Waals surface area contributed by atoms with Gasteiger partial charge in [-0.3, -0.25) is 4.79 Å². The highest BCUT2D eigenvalue weighted by Gasteiger charge is 2.43. The molecule has 1 unspecified atom stereocenters. The first-order chi connectivity index (χ1) is 10.3. The van der Waals surface area contributed by atoms with Crippen LogP contribution in [0.5, 0.6) is 5.75 Å². The Hall–Kier alpha value is -1.13. The molecule has 0 aromatic heterocycles. The van der Waals surface area contributed by atoms with Crippen molar-refractivity contribution in [3.63, 3.8) is 0 Å². The lowest BCUT2D eigenvalue weighted by Gasteiger charge is -2.31. The summed E-state index contributed by atoms with van der Waals surface area (Å²) in [6.07, 6.45) is 0. The van der Waals surface area contributed by atoms with Gasteiger partial charge in [-0.2, -0.15) is 0 Å². The second kappa shape index (κ2) is 8.49. The normalized spacial score (nSPS) is 14.8. The molecule has 0 amide bonds. The van der Waals surface area contributed by atoms with Crippen LogP contribution < -0.4 is 4.74 Å². The van der Waals surface area contributed by atoms with E-state index >= 15 is 0 Å². The van der Waals surface area contributed by atoms with Crippen LogP contribution in [0, 0.1) is 0 Å². The lowest BCUT2D eigenvalue weighted by atomic mass is 10.0. The quantitative estimate of drug-likeness (QED) is 0.397. The summed E-state index contributed by atoms with van der Waals surface area (Å²) in [5.41, 5.74) is 1.84. The van der Waals surface area contributed by atoms with Crippen molar-refractivity contribution in [1.29, 1.82) is 0 Å². The largest absolute Gasteiger partial charge is 0.497 e. The highest BCUT2D eigenvalue weighted by Crippen LogP contribution is 2.38. The fraction of sp³-hybridized carbons (Fsp3) is 0.471. The summed E-state index contributed by atoms with van der Waals surface area (Å²) in [5.74, 6) is 1.14. The fourth-order valence-corrected chi connectivity index (χ4v) is 3.40. The van der Waals surface area contributed by atoms with Gasteiger partial charge in [-0.05, 0) is 38.5 Å². The summed E-state index contributed by atoms with van der Waals surface area (Å²) in [6, 6.07) is 7.74. The zero-order valence-corrected chi connectivity index (χ0v) is 15.1. The van der Waals surface area contributed by atoms with Gasteiger partial charge in [0.05, 0.1) is 19.1 Å². The zero-order valence-electron chi connectivity index (χ0n) is 13.5. The Morgan fingerprint density at radius 3 is 2.45 bits per heavy atom. The van der Waals surface area contributed by atoms with E-state index in [-0.39, 0.29) is 5.97 Å². The van der Waals surface area contributed by atoms with Crippen LogP contribution in [0.3, 0.4) is 0 Å². The number of rotatable bonds is 8. The molecule has 0 N–H and O–H groups in total. The van der Waals surface area contributed by atoms with E-state index in [9.17, 15) is 4.79 Å². The number of hydrogen-bond donors (Lipinski definition) is 0. The van der Waals surface area contributed by atoms with Crippen molar-refractivity contribution < 1.29 is 14.3 Å². The van der Waals surface area contributed by atoms with Gasteiger partial charge >= 0.3 is 5.97 Å². The van der Waals surface area contributed by atoms with E-state index in [4.69, 9.17) is 21.1 Å². The highest BCUT2D eigenvalue weighted by atomic mass is 35.5. The molecule has 22 heavy (non-hydrogen) atoms. The predicted octanol–water partition coefficient (Wildman–Crippen LogP) is 4.43. The molecule has 0 saturated heterocycles. The predicted molar refractivity (Wildman–Crippen MR) is 93.8 cm³/mol. The maximum Gasteiger partial charge on any atom is 0.323 e. The molecule has 0 aliphatic rings. The van der Waals surface area contributed by atoms with Crippen molar-refractivity contribution in [1.82, 2.24) is 0 Å². The number of thioether (sulfide) groups is 1. The SMILES string of the molecule is C=C(C)C(Cl)[C@](C)(SCc1ccc(OC)cc1)C(=O)OCC. The maximum absolute atomic E-state index is 12.3. The monoisotopic (exact) mass is 342 g/mol. The number of allylic oxidation sites excluding steroid dienone is 1. The van der Waals surface area contributed by atoms with E-state index in [1.807, 2.05) is 38.1 Å². The molecule has 0 heterocycles. The number of methoxy groups -OCH3 is 1. The van der Waals surface area contributed by atoms with Crippen LogP contribution >= 0.6 is 23.4 Å². The molecular formula is C17H23ClO3S. The minimum atomic E-state index is -0.872. The molecule has 0 aliphatic heterocycles. The van der Waals surface area contributed by atoms with Crippen molar-refractivity contribution in [3.8, 4) is 5.75 Å². The molecule has 0 radical (unpaired) electrons. The van der Waals surface area contributed by atoms with Crippen molar-refractivity contribution in [2.45, 2.75) is 36.6 Å². The van der Waals surface area contributed by atoms with Gasteiger partial charge in [0.25, 0.3) is 0 Å². The van der Waals surface area contributed by atoms with Crippen LogP contribution in [0.25, 0.3) is 0 Å². The lowest BCUT2D eigenvalue weighted by molar-refractivity contribution is -0.145. The molecule has 5 heteroatoms. The van der Waals surface area contributed by atoms with Crippen molar-refractivity contribution in [2.24, 2.45) is 0 Å². The number of ether oxygens (including phenoxy) is 2. The van der Waals surface area contributed by atoms with Gasteiger partial charge in [0.1, 0.15) is 10.5 Å². The maximum atomic E-state index is 12.3. The zero-order chi connectivity index (χ0) is 16.8. The van der Waals surface area contributed by atoms with E-state index in [0.717, 1.165) is 16.9 Å². The van der Waals surface area contributed by atoms with Crippen LogP contribution in [-0.4, -0.2) is 29.8 Å². The summed E-state index contributed by atoms with van der Waals surface area (Å²) >= 11 is 7.89. The molecule has 1 aromatic rings. The molecule has 0 aliphatic carbocycles. The molecular weight excluding hydrogens is 320 g/mol. The van der Waals surface area contributed by atoms with Gasteiger partial charge < -0.3 is 9.47 Å². The topological polar surface area (TPSA) is 35.5 Å². The number of benzene rings is 1. The van der Waals surface area contributed by atoms with E-state index in [1.165, 1.54) is 11.8 Å². The number of carbonyl (C=O) groups is 1. The third-order valence-corrected chi connectivity index (χ3v) is 5.71. The van der Waals surface area contributed by atoms with Gasteiger partial charge in [0, 0.05) is 5.75 Å². The summed E-state index contributed by atoms with van der Waals surface area (Å²) in [7, 11) is 1.63. The second-order valence-electron chi connectivity index (χ2n) is 5.17. The Balaban J connectivity index is 2.88. The minimum Gasteiger partial charge on any atom is -0.497 e. The van der Waals surface area contributed by atoms with Crippen molar-refractivity contribution >= 4 is 29.3 Å². The van der Waals surface area contributed by atoms with Crippen molar-refractivity contribution in [2.75, 3.05) is 13.7 Å². The molecule has 3 nitrogen and oxygen atoms in total. The average Bonchev–Trinajstić information content (AvgIpc) is 2.52. The van der Waals surface area contributed by atoms with Crippen LogP contribution in [0.4, 0.5) is 0 Å². The Morgan fingerprint density at radius 2 is 2.00 bits per heavy atom. The lowest BCUT2D eigenvalue weighted by Crippen LogP contribution is -2.43. The Bertz CT molecular complexity index is 515. The molecule has 2 atom stereocenters. The molecule has 0 saturated carbocycles. The fourth-order valence-electron chi connectivity index (χ4n) is 1.94. The number of carbonyl (C=O) groups excluding carboxylic acids is 1. The number of alkyl halides is 1. The number of hydrogen-bond acceptors (Lipinski definition) is 4. The Morgan fingerprint density at radius 1 is 1.41 bits per heavy atom. The average molecular weight is 343 g/mol. The Labute approximate surface area is 142 Å². The van der Waals surface area contributed by atoms with Crippen LogP contribution in [0.2, 0.25) is 0 Å². The Kier molecular flexibility index (Phi) is 7.30. The minimum absolute atomic E-state index is 0.309. The second-order valence-corrected chi connectivity index (χ2v) is 7.04. The molecule has 0 fully saturated rings. The molecule has 1 aromatic carbocycles. The van der Waals surface area contributed by atoms with Crippen molar-refractivity contribution in [3.05, 3.63) is 42.0 Å². The van der Waals surface area contributed by atoms with Crippen LogP contribution in [0.15, 0.2) is 36.4 Å². The van der Waals surface area contributed by atoms with Gasteiger partial charge in [-0.15, -0.1) is 23.4 Å². The first-order valence-electron chi connectivity index (χ1n) is 7.08. The van der Waals surface area contributed by atoms with E-state index in [0.29, 0.717) is 12.4 Å². The van der Waals surface area contributed by atoms with Crippen LogP contribution in [0.1, 0.15) is 26.3 Å². The highest BCUT2D eigenvalue weighted by molar-refractivity contribution is 8.00. The van der Waals surface area contributed by atoms with E-state index in [1.54, 1.807) is 14.0 Å². The summed E-state index contributed by atoms with van der Waals surface area (Å²) in [6.45, 7) is 9.62. The smallest absolute Gasteiger partial charge is 0.323 e. The molecule has 1 rings (SSSR count). The first-order valence-corrected chi connectivity index (χ1v) is 8.51. The standard InChI is InChI=1S/C17H23ClO3S/c1-6-21-16(19)17(4,15(18)12(2)3)22-11-13-7-9-14(20-5)10-8-13/h7-10,15H,2,6,11H2,1,3-5H3/t15?,17-/m0/s1. The number of esters is 1. The summed E-state index contributed by atoms with van der Waals surface area (Å²) in [4.78, 5) is 12.3. The first kappa shape index (κ1) is 18.9. The molecule has 122 valence electrons. The van der Waals surface area contributed by atoms with E-state index < -0.39 is 10.1 Å². The molecule has 0 spiro atoms. The van der Waals surface area contributed by atoms with Gasteiger partial charge in [0.15, 0.2) is 0 Å². The van der Waals surface area contributed by atoms with Crippen LogP contribution in [-0.2, 0) is 15.3 Å². The van der Waals surface area contributed by atoms with Gasteiger partial charge in [-0.1, -0.05) is 24.3 Å². The summed E-state index contributed by atoms with van der Waals surface area (Å²) in [5, 5.41) is -0.491. The number of halogens is 1. The van der Waals surface area contributed by atoms with E-state index in [2.05, 4.69) is 6.58 Å². The summed E-state index contributed by atoms with van der Waals surface area (Å²) < 4.78 is 9.47. The third-order valence-electron chi connectivity index (χ3n) is 3.29.